The zero-order chi connectivity index (χ0) is 13.8. The number of likely N-dealkylation sites (N-methyl/N-ethyl adjacent to an activating group) is 1. The SMILES string of the molecule is Cc1ccc(OCC(=O)N2CCN(C)CC2)c(C)c1. The van der Waals surface area contributed by atoms with Crippen LogP contribution in [0, 0.1) is 13.8 Å². The molecule has 4 nitrogen and oxygen atoms in total. The molecule has 0 N–H and O–H groups in total. The molecule has 104 valence electrons. The molecule has 2 rings (SSSR count). The Morgan fingerprint density at radius 2 is 1.89 bits per heavy atom. The molecule has 0 spiro atoms. The third-order valence-corrected chi connectivity index (χ3v) is 3.54. The van der Waals surface area contributed by atoms with Gasteiger partial charge in [-0.3, -0.25) is 4.79 Å². The molecule has 1 aromatic carbocycles. The Morgan fingerprint density at radius 3 is 2.53 bits per heavy atom. The predicted molar refractivity (Wildman–Crippen MR) is 75.5 cm³/mol. The van der Waals surface area contributed by atoms with Crippen LogP contribution in [0.4, 0.5) is 0 Å². The Kier molecular flexibility index (Phi) is 4.43. The summed E-state index contributed by atoms with van der Waals surface area (Å²) in [5, 5.41) is 0. The van der Waals surface area contributed by atoms with E-state index in [4.69, 9.17) is 4.74 Å². The first kappa shape index (κ1) is 13.9. The molecule has 0 unspecified atom stereocenters. The van der Waals surface area contributed by atoms with Gasteiger partial charge in [-0.1, -0.05) is 17.7 Å². The Labute approximate surface area is 115 Å². The van der Waals surface area contributed by atoms with Gasteiger partial charge in [-0.05, 0) is 32.5 Å². The second-order valence-electron chi connectivity index (χ2n) is 5.24. The third kappa shape index (κ3) is 3.70. The smallest absolute Gasteiger partial charge is 0.260 e. The van der Waals surface area contributed by atoms with Crippen LogP contribution in [0.25, 0.3) is 0 Å². The van der Waals surface area contributed by atoms with E-state index in [0.29, 0.717) is 0 Å². The van der Waals surface area contributed by atoms with Gasteiger partial charge in [0.1, 0.15) is 5.75 Å². The molecule has 0 aromatic heterocycles. The van der Waals surface area contributed by atoms with E-state index in [1.807, 2.05) is 30.9 Å². The van der Waals surface area contributed by atoms with Crippen molar-refractivity contribution in [1.29, 1.82) is 0 Å². The maximum Gasteiger partial charge on any atom is 0.260 e. The van der Waals surface area contributed by atoms with Crippen LogP contribution in [-0.2, 0) is 4.79 Å². The summed E-state index contributed by atoms with van der Waals surface area (Å²) in [4.78, 5) is 16.1. The monoisotopic (exact) mass is 262 g/mol. The fourth-order valence-electron chi connectivity index (χ4n) is 2.25. The largest absolute Gasteiger partial charge is 0.484 e. The van der Waals surface area contributed by atoms with E-state index in [-0.39, 0.29) is 12.5 Å². The molecule has 0 aliphatic carbocycles. The van der Waals surface area contributed by atoms with E-state index in [0.717, 1.165) is 37.5 Å². The summed E-state index contributed by atoms with van der Waals surface area (Å²) in [6.45, 7) is 7.66. The minimum atomic E-state index is 0.0769. The summed E-state index contributed by atoms with van der Waals surface area (Å²) in [7, 11) is 2.08. The van der Waals surface area contributed by atoms with E-state index < -0.39 is 0 Å². The van der Waals surface area contributed by atoms with E-state index >= 15 is 0 Å². The molecule has 19 heavy (non-hydrogen) atoms. The van der Waals surface area contributed by atoms with Gasteiger partial charge in [-0.15, -0.1) is 0 Å². The van der Waals surface area contributed by atoms with Gasteiger partial charge in [0.25, 0.3) is 5.91 Å². The molecule has 1 aliphatic heterocycles. The van der Waals surface area contributed by atoms with Crippen LogP contribution >= 0.6 is 0 Å². The minimum Gasteiger partial charge on any atom is -0.484 e. The molecule has 0 saturated carbocycles. The van der Waals surface area contributed by atoms with Crippen molar-refractivity contribution in [1.82, 2.24) is 9.80 Å². The molecule has 1 saturated heterocycles. The molecular weight excluding hydrogens is 240 g/mol. The van der Waals surface area contributed by atoms with Gasteiger partial charge in [0.05, 0.1) is 0 Å². The first-order valence-electron chi connectivity index (χ1n) is 6.72. The highest BCUT2D eigenvalue weighted by Gasteiger charge is 2.19. The van der Waals surface area contributed by atoms with E-state index in [1.165, 1.54) is 5.56 Å². The Morgan fingerprint density at radius 1 is 1.21 bits per heavy atom. The second-order valence-corrected chi connectivity index (χ2v) is 5.24. The number of rotatable bonds is 3. The van der Waals surface area contributed by atoms with Gasteiger partial charge in [0.15, 0.2) is 6.61 Å². The van der Waals surface area contributed by atoms with E-state index in [9.17, 15) is 4.79 Å². The first-order valence-corrected chi connectivity index (χ1v) is 6.72. The van der Waals surface area contributed by atoms with Gasteiger partial charge < -0.3 is 14.5 Å². The van der Waals surface area contributed by atoms with Crippen molar-refractivity contribution < 1.29 is 9.53 Å². The molecule has 0 bridgehead atoms. The van der Waals surface area contributed by atoms with Crippen LogP contribution in [0.5, 0.6) is 5.75 Å². The molecule has 1 fully saturated rings. The molecule has 1 aromatic rings. The lowest BCUT2D eigenvalue weighted by molar-refractivity contribution is -0.134. The number of ether oxygens (including phenoxy) is 1. The fraction of sp³-hybridized carbons (Fsp3) is 0.533. The van der Waals surface area contributed by atoms with Crippen LogP contribution < -0.4 is 4.74 Å². The van der Waals surface area contributed by atoms with E-state index in [2.05, 4.69) is 18.0 Å². The maximum absolute atomic E-state index is 12.0. The average Bonchev–Trinajstić information content (AvgIpc) is 2.38. The standard InChI is InChI=1S/C15H22N2O2/c1-12-4-5-14(13(2)10-12)19-11-15(18)17-8-6-16(3)7-9-17/h4-5,10H,6-9,11H2,1-3H3. The maximum atomic E-state index is 12.0. The van der Waals surface area contributed by atoms with Crippen molar-refractivity contribution in [2.24, 2.45) is 0 Å². The summed E-state index contributed by atoms with van der Waals surface area (Å²) in [5.41, 5.74) is 2.28. The number of hydrogen-bond donors (Lipinski definition) is 0. The molecule has 0 atom stereocenters. The van der Waals surface area contributed by atoms with Crippen LogP contribution in [0.15, 0.2) is 18.2 Å². The van der Waals surface area contributed by atoms with Crippen molar-refractivity contribution in [3.05, 3.63) is 29.3 Å². The summed E-state index contributed by atoms with van der Waals surface area (Å²) in [5.74, 6) is 0.876. The van der Waals surface area contributed by atoms with Gasteiger partial charge in [-0.2, -0.15) is 0 Å². The number of nitrogens with zero attached hydrogens (tertiary/aromatic N) is 2. The Hall–Kier alpha value is -1.55. The van der Waals surface area contributed by atoms with Crippen molar-refractivity contribution in [2.45, 2.75) is 13.8 Å². The van der Waals surface area contributed by atoms with Crippen molar-refractivity contribution in [3.63, 3.8) is 0 Å². The number of aryl methyl sites for hydroxylation is 2. The predicted octanol–water partition coefficient (Wildman–Crippen LogP) is 1.46. The van der Waals surface area contributed by atoms with Crippen LogP contribution in [0.3, 0.4) is 0 Å². The highest BCUT2D eigenvalue weighted by molar-refractivity contribution is 5.78. The van der Waals surface area contributed by atoms with Gasteiger partial charge in [0, 0.05) is 26.2 Å². The quantitative estimate of drug-likeness (QED) is 0.826. The zero-order valence-corrected chi connectivity index (χ0v) is 12.0. The Bertz CT molecular complexity index is 451. The number of carbonyl (C=O) groups is 1. The lowest BCUT2D eigenvalue weighted by Crippen LogP contribution is -2.48. The van der Waals surface area contributed by atoms with Crippen molar-refractivity contribution >= 4 is 5.91 Å². The van der Waals surface area contributed by atoms with E-state index in [1.54, 1.807) is 0 Å². The highest BCUT2D eigenvalue weighted by Crippen LogP contribution is 2.18. The fourth-order valence-corrected chi connectivity index (χ4v) is 2.25. The second kappa shape index (κ2) is 6.06. The molecular formula is C15H22N2O2. The Balaban J connectivity index is 1.86. The van der Waals surface area contributed by atoms with Crippen LogP contribution in [-0.4, -0.2) is 55.5 Å². The number of piperazine rings is 1. The highest BCUT2D eigenvalue weighted by atomic mass is 16.5. The summed E-state index contributed by atoms with van der Waals surface area (Å²) >= 11 is 0. The number of benzene rings is 1. The van der Waals surface area contributed by atoms with Gasteiger partial charge in [-0.25, -0.2) is 0 Å². The molecule has 4 heteroatoms. The molecule has 0 radical (unpaired) electrons. The van der Waals surface area contributed by atoms with Gasteiger partial charge in [0.2, 0.25) is 0 Å². The minimum absolute atomic E-state index is 0.0769. The lowest BCUT2D eigenvalue weighted by atomic mass is 10.1. The summed E-state index contributed by atoms with van der Waals surface area (Å²) in [6.07, 6.45) is 0. The first-order chi connectivity index (χ1) is 9.06. The number of hydrogen-bond acceptors (Lipinski definition) is 3. The summed E-state index contributed by atoms with van der Waals surface area (Å²) < 4.78 is 5.63. The number of carbonyl (C=O) groups excluding carboxylic acids is 1. The number of amides is 1. The molecule has 1 heterocycles. The van der Waals surface area contributed by atoms with Crippen molar-refractivity contribution in [3.8, 4) is 5.75 Å². The summed E-state index contributed by atoms with van der Waals surface area (Å²) in [6, 6.07) is 6.00. The zero-order valence-electron chi connectivity index (χ0n) is 12.0. The topological polar surface area (TPSA) is 32.8 Å². The van der Waals surface area contributed by atoms with Crippen LogP contribution in [0.1, 0.15) is 11.1 Å². The normalized spacial score (nSPS) is 16.5. The average molecular weight is 262 g/mol. The van der Waals surface area contributed by atoms with Crippen molar-refractivity contribution in [2.75, 3.05) is 39.8 Å². The molecule has 1 aliphatic rings. The van der Waals surface area contributed by atoms with Crippen LogP contribution in [0.2, 0.25) is 0 Å². The van der Waals surface area contributed by atoms with Gasteiger partial charge >= 0.3 is 0 Å². The lowest BCUT2D eigenvalue weighted by Gasteiger charge is -2.32. The third-order valence-electron chi connectivity index (χ3n) is 3.54. The molecule has 1 amide bonds.